The number of aryl methyl sites for hydroxylation is 2. The first-order chi connectivity index (χ1) is 13.7. The highest BCUT2D eigenvalue weighted by atomic mass is 16.3. The van der Waals surface area contributed by atoms with Gasteiger partial charge in [-0.1, -0.05) is 36.8 Å². The Morgan fingerprint density at radius 1 is 1.00 bits per heavy atom. The minimum atomic E-state index is 0.816. The molecule has 0 unspecified atom stereocenters. The fourth-order valence-electron chi connectivity index (χ4n) is 4.06. The molecule has 1 aliphatic rings. The van der Waals surface area contributed by atoms with Crippen molar-refractivity contribution in [3.05, 3.63) is 59.9 Å². The highest BCUT2D eigenvalue weighted by Crippen LogP contribution is 2.33. The number of quaternary nitrogens is 1. The molecular weight excluding hydrogens is 348 g/mol. The van der Waals surface area contributed by atoms with Crippen LogP contribution in [-0.4, -0.2) is 36.1 Å². The molecule has 0 spiro atoms. The number of aromatic nitrogens is 2. The van der Waals surface area contributed by atoms with Gasteiger partial charge in [-0.05, 0) is 31.2 Å². The van der Waals surface area contributed by atoms with Gasteiger partial charge in [0.05, 0.1) is 26.2 Å². The molecule has 0 bridgehead atoms. The quantitative estimate of drug-likeness (QED) is 0.599. The summed E-state index contributed by atoms with van der Waals surface area (Å²) in [5, 5.41) is 1.07. The molecule has 1 N–H and O–H groups in total. The Labute approximate surface area is 164 Å². The molecule has 1 saturated heterocycles. The van der Waals surface area contributed by atoms with Crippen molar-refractivity contribution in [1.82, 2.24) is 9.97 Å². The zero-order valence-corrected chi connectivity index (χ0v) is 16.4. The predicted octanol–water partition coefficient (Wildman–Crippen LogP) is 3.28. The third kappa shape index (κ3) is 2.92. The number of nitrogens with zero attached hydrogens (tertiary/aromatic N) is 3. The summed E-state index contributed by atoms with van der Waals surface area (Å²) in [5.74, 6) is 1.82. The molecule has 0 amide bonds. The number of para-hydroxylation sites is 1. The topological polar surface area (TPSA) is 46.6 Å². The molecule has 4 aromatic rings. The highest BCUT2D eigenvalue weighted by Gasteiger charge is 2.26. The average Bonchev–Trinajstić information content (AvgIpc) is 3.12. The standard InChI is InChI=1S/C23H24N4O/c1-3-20-24-21-18-6-4-5-7-19(18)28-22(21)23(25-20)27-14-12-26(13-15-27)17-10-8-16(2)9-11-17/h4-11H,3,12-15H2,1-2H3/p+1. The first kappa shape index (κ1) is 17.2. The van der Waals surface area contributed by atoms with E-state index in [1.807, 2.05) is 18.2 Å². The van der Waals surface area contributed by atoms with Gasteiger partial charge in [-0.15, -0.1) is 0 Å². The van der Waals surface area contributed by atoms with Crippen LogP contribution in [0.4, 0.5) is 11.5 Å². The molecule has 2 aromatic carbocycles. The van der Waals surface area contributed by atoms with Gasteiger partial charge in [0.25, 0.3) is 0 Å². The van der Waals surface area contributed by atoms with Crippen molar-refractivity contribution in [2.24, 2.45) is 0 Å². The van der Waals surface area contributed by atoms with E-state index in [2.05, 4.69) is 49.1 Å². The molecule has 1 fully saturated rings. The van der Waals surface area contributed by atoms with Crippen molar-refractivity contribution in [3.8, 4) is 0 Å². The number of rotatable bonds is 3. The molecule has 1 aliphatic heterocycles. The van der Waals surface area contributed by atoms with Crippen LogP contribution in [0.5, 0.6) is 0 Å². The fourth-order valence-corrected chi connectivity index (χ4v) is 4.06. The molecule has 5 nitrogen and oxygen atoms in total. The lowest BCUT2D eigenvalue weighted by Crippen LogP contribution is -3.10. The Balaban J connectivity index is 1.48. The number of fused-ring (bicyclic) bond motifs is 3. The lowest BCUT2D eigenvalue weighted by atomic mass is 10.2. The van der Waals surface area contributed by atoms with Crippen molar-refractivity contribution in [1.29, 1.82) is 0 Å². The van der Waals surface area contributed by atoms with Crippen molar-refractivity contribution in [2.45, 2.75) is 20.3 Å². The summed E-state index contributed by atoms with van der Waals surface area (Å²) in [6.07, 6.45) is 0.816. The number of anilines is 1. The number of nitrogens with one attached hydrogen (secondary N) is 1. The van der Waals surface area contributed by atoms with Gasteiger partial charge >= 0.3 is 0 Å². The molecule has 28 heavy (non-hydrogen) atoms. The third-order valence-corrected chi connectivity index (χ3v) is 5.69. The fraction of sp³-hybridized carbons (Fsp3) is 0.304. The van der Waals surface area contributed by atoms with Crippen LogP contribution in [0, 0.1) is 6.92 Å². The summed E-state index contributed by atoms with van der Waals surface area (Å²) >= 11 is 0. The molecule has 0 aliphatic carbocycles. The number of piperazine rings is 1. The molecular formula is C23H25N4O+. The zero-order chi connectivity index (χ0) is 19.1. The van der Waals surface area contributed by atoms with Gasteiger partial charge in [0.15, 0.2) is 11.4 Å². The van der Waals surface area contributed by atoms with E-state index in [0.717, 1.165) is 66.3 Å². The summed E-state index contributed by atoms with van der Waals surface area (Å²) in [6.45, 7) is 8.25. The Bertz CT molecular complexity index is 1120. The van der Waals surface area contributed by atoms with Crippen molar-refractivity contribution in [2.75, 3.05) is 31.1 Å². The van der Waals surface area contributed by atoms with E-state index in [0.29, 0.717) is 0 Å². The van der Waals surface area contributed by atoms with E-state index >= 15 is 0 Å². The van der Waals surface area contributed by atoms with Gasteiger partial charge in [-0.3, -0.25) is 4.90 Å². The van der Waals surface area contributed by atoms with Crippen LogP contribution in [0.3, 0.4) is 0 Å². The van der Waals surface area contributed by atoms with E-state index in [1.54, 1.807) is 0 Å². The SMILES string of the molecule is CCc1nc(N2CC[NH+](c3ccc(C)cc3)CC2)c2oc3ccccc3c2n1. The monoisotopic (exact) mass is 373 g/mol. The van der Waals surface area contributed by atoms with Gasteiger partial charge in [0.1, 0.15) is 22.6 Å². The molecule has 0 radical (unpaired) electrons. The molecule has 0 saturated carbocycles. The van der Waals surface area contributed by atoms with Gasteiger partial charge in [-0.2, -0.15) is 0 Å². The summed E-state index contributed by atoms with van der Waals surface area (Å²) in [5.41, 5.74) is 5.31. The van der Waals surface area contributed by atoms with E-state index < -0.39 is 0 Å². The Morgan fingerprint density at radius 2 is 1.75 bits per heavy atom. The molecule has 0 atom stereocenters. The maximum absolute atomic E-state index is 6.19. The second-order valence-corrected chi connectivity index (χ2v) is 7.55. The summed E-state index contributed by atoms with van der Waals surface area (Å²) < 4.78 is 6.19. The van der Waals surface area contributed by atoms with Crippen LogP contribution < -0.4 is 9.80 Å². The molecule has 5 heteroatoms. The van der Waals surface area contributed by atoms with Crippen molar-refractivity contribution < 1.29 is 9.32 Å². The summed E-state index contributed by atoms with van der Waals surface area (Å²) in [6, 6.07) is 17.0. The van der Waals surface area contributed by atoms with Crippen LogP contribution in [-0.2, 0) is 6.42 Å². The molecule has 5 rings (SSSR count). The lowest BCUT2D eigenvalue weighted by molar-refractivity contribution is -0.833. The second-order valence-electron chi connectivity index (χ2n) is 7.55. The van der Waals surface area contributed by atoms with E-state index in [9.17, 15) is 0 Å². The third-order valence-electron chi connectivity index (χ3n) is 5.69. The van der Waals surface area contributed by atoms with Gasteiger partial charge in [0.2, 0.25) is 0 Å². The zero-order valence-electron chi connectivity index (χ0n) is 16.4. The highest BCUT2D eigenvalue weighted by molar-refractivity contribution is 6.05. The number of benzene rings is 2. The molecule has 142 valence electrons. The first-order valence-electron chi connectivity index (χ1n) is 10.1. The van der Waals surface area contributed by atoms with Crippen LogP contribution in [0.25, 0.3) is 22.1 Å². The number of hydrogen-bond acceptors (Lipinski definition) is 4. The largest absolute Gasteiger partial charge is 0.450 e. The van der Waals surface area contributed by atoms with Crippen LogP contribution >= 0.6 is 0 Å². The lowest BCUT2D eigenvalue weighted by Gasteiger charge is -2.32. The molecule has 3 heterocycles. The van der Waals surface area contributed by atoms with E-state index in [4.69, 9.17) is 14.4 Å². The van der Waals surface area contributed by atoms with Crippen LogP contribution in [0.2, 0.25) is 0 Å². The van der Waals surface area contributed by atoms with Gasteiger partial charge in [0, 0.05) is 11.8 Å². The Morgan fingerprint density at radius 3 is 2.50 bits per heavy atom. The Kier molecular flexibility index (Phi) is 4.24. The Hall–Kier alpha value is -2.92. The smallest absolute Gasteiger partial charge is 0.196 e. The van der Waals surface area contributed by atoms with Crippen LogP contribution in [0.1, 0.15) is 18.3 Å². The normalized spacial score (nSPS) is 15.6. The van der Waals surface area contributed by atoms with Crippen molar-refractivity contribution >= 4 is 33.6 Å². The van der Waals surface area contributed by atoms with E-state index in [1.165, 1.54) is 16.2 Å². The number of hydrogen-bond donors (Lipinski definition) is 1. The maximum atomic E-state index is 6.19. The van der Waals surface area contributed by atoms with E-state index in [-0.39, 0.29) is 0 Å². The average molecular weight is 373 g/mol. The minimum absolute atomic E-state index is 0.816. The van der Waals surface area contributed by atoms with Gasteiger partial charge in [-0.25, -0.2) is 9.97 Å². The molecule has 2 aromatic heterocycles. The van der Waals surface area contributed by atoms with Crippen LogP contribution in [0.15, 0.2) is 52.9 Å². The second kappa shape index (κ2) is 6.91. The number of furan rings is 1. The summed E-state index contributed by atoms with van der Waals surface area (Å²) in [7, 11) is 0. The summed E-state index contributed by atoms with van der Waals surface area (Å²) in [4.78, 5) is 13.5. The first-order valence-corrected chi connectivity index (χ1v) is 10.1. The maximum Gasteiger partial charge on any atom is 0.196 e. The van der Waals surface area contributed by atoms with Gasteiger partial charge < -0.3 is 9.32 Å². The minimum Gasteiger partial charge on any atom is -0.450 e. The predicted molar refractivity (Wildman–Crippen MR) is 112 cm³/mol. The van der Waals surface area contributed by atoms with Crippen molar-refractivity contribution in [3.63, 3.8) is 0 Å².